The number of halogens is 3. The Kier molecular flexibility index (Phi) is 4.55. The van der Waals surface area contributed by atoms with Gasteiger partial charge in [-0.1, -0.05) is 12.1 Å². The van der Waals surface area contributed by atoms with Crippen molar-refractivity contribution in [3.8, 4) is 16.9 Å². The van der Waals surface area contributed by atoms with Crippen molar-refractivity contribution >= 4 is 11.7 Å². The highest BCUT2D eigenvalue weighted by Gasteiger charge is 2.42. The van der Waals surface area contributed by atoms with Crippen LogP contribution in [-0.4, -0.2) is 22.2 Å². The number of ether oxygens (including phenoxy) is 1. The van der Waals surface area contributed by atoms with Crippen molar-refractivity contribution in [2.75, 3.05) is 6.61 Å². The fourth-order valence-corrected chi connectivity index (χ4v) is 2.44. The van der Waals surface area contributed by atoms with Crippen LogP contribution in [0.2, 0.25) is 0 Å². The molecule has 1 aromatic heterocycles. The van der Waals surface area contributed by atoms with Crippen molar-refractivity contribution in [2.45, 2.75) is 13.1 Å². The maximum absolute atomic E-state index is 13.4. The molecule has 0 atom stereocenters. The number of aromatic nitrogens is 1. The summed E-state index contributed by atoms with van der Waals surface area (Å²) in [6, 6.07) is 5.20. The van der Waals surface area contributed by atoms with E-state index in [-0.39, 0.29) is 29.2 Å². The molecule has 0 radical (unpaired) electrons. The Morgan fingerprint density at radius 1 is 1.33 bits per heavy atom. The molecule has 1 N–H and O–H groups in total. The lowest BCUT2D eigenvalue weighted by atomic mass is 10.0. The minimum absolute atomic E-state index is 0.0201. The molecule has 0 fully saturated rings. The van der Waals surface area contributed by atoms with Gasteiger partial charge in [0.2, 0.25) is 5.69 Å². The first-order valence-electron chi connectivity index (χ1n) is 6.86. The molecule has 0 aliphatic heterocycles. The summed E-state index contributed by atoms with van der Waals surface area (Å²) in [6.45, 7) is 8.67. The molecule has 0 unspecified atom stereocenters. The first-order valence-corrected chi connectivity index (χ1v) is 6.86. The Morgan fingerprint density at radius 3 is 2.38 bits per heavy atom. The van der Waals surface area contributed by atoms with E-state index < -0.39 is 23.5 Å². The highest BCUT2D eigenvalue weighted by Crippen LogP contribution is 2.46. The van der Waals surface area contributed by atoms with E-state index in [4.69, 9.17) is 11.3 Å². The van der Waals surface area contributed by atoms with Crippen LogP contribution in [0.4, 0.5) is 18.9 Å². The van der Waals surface area contributed by atoms with Crippen LogP contribution in [0.1, 0.15) is 23.1 Å². The van der Waals surface area contributed by atoms with Crippen LogP contribution in [0.15, 0.2) is 24.3 Å². The summed E-state index contributed by atoms with van der Waals surface area (Å²) < 4.78 is 45.6. The summed E-state index contributed by atoms with van der Waals surface area (Å²) in [7, 11) is 1.06. The fourth-order valence-electron chi connectivity index (χ4n) is 2.44. The summed E-state index contributed by atoms with van der Waals surface area (Å²) in [5, 5.41) is 9.34. The van der Waals surface area contributed by atoms with Gasteiger partial charge in [0, 0.05) is 12.6 Å². The van der Waals surface area contributed by atoms with Crippen molar-refractivity contribution in [1.29, 1.82) is 0 Å². The predicted octanol–water partition coefficient (Wildman–Crippen LogP) is 4.14. The van der Waals surface area contributed by atoms with E-state index in [1.54, 1.807) is 0 Å². The molecule has 0 aliphatic rings. The van der Waals surface area contributed by atoms with Crippen LogP contribution in [0, 0.1) is 6.57 Å². The number of phenolic OH excluding ortho intramolecular Hbond substituents is 1. The minimum atomic E-state index is -4.81. The number of rotatable bonds is 3. The highest BCUT2D eigenvalue weighted by molar-refractivity contribution is 6.01. The second-order valence-corrected chi connectivity index (χ2v) is 4.86. The van der Waals surface area contributed by atoms with E-state index >= 15 is 0 Å². The maximum Gasteiger partial charge on any atom is 0.421 e. The molecule has 5 nitrogen and oxygen atoms in total. The maximum atomic E-state index is 13.4. The average Bonchev–Trinajstić information content (AvgIpc) is 2.80. The number of aromatic hydroxyl groups is 1. The van der Waals surface area contributed by atoms with Crippen molar-refractivity contribution in [3.63, 3.8) is 0 Å². The number of alkyl halides is 3. The van der Waals surface area contributed by atoms with Crippen molar-refractivity contribution in [1.82, 2.24) is 4.57 Å². The second kappa shape index (κ2) is 6.28. The summed E-state index contributed by atoms with van der Waals surface area (Å²) in [4.78, 5) is 15.2. The zero-order valence-corrected chi connectivity index (χ0v) is 12.8. The molecule has 2 aromatic rings. The van der Waals surface area contributed by atoms with Gasteiger partial charge in [-0.15, -0.1) is 0 Å². The van der Waals surface area contributed by atoms with Gasteiger partial charge in [0.05, 0.1) is 13.2 Å². The lowest BCUT2D eigenvalue weighted by Gasteiger charge is -2.11. The lowest BCUT2D eigenvalue weighted by molar-refractivity contribution is -0.142. The van der Waals surface area contributed by atoms with Crippen LogP contribution in [-0.2, 0) is 18.0 Å². The smallest absolute Gasteiger partial charge is 0.421 e. The van der Waals surface area contributed by atoms with Crippen LogP contribution < -0.4 is 0 Å². The quantitative estimate of drug-likeness (QED) is 0.676. The van der Waals surface area contributed by atoms with E-state index in [2.05, 4.69) is 4.85 Å². The summed E-state index contributed by atoms with van der Waals surface area (Å²) in [5.74, 6) is -1.05. The minimum Gasteiger partial charge on any atom is -0.508 e. The van der Waals surface area contributed by atoms with Gasteiger partial charge >= 0.3 is 12.1 Å². The number of phenols is 1. The van der Waals surface area contributed by atoms with Crippen LogP contribution in [0.5, 0.6) is 5.75 Å². The topological polar surface area (TPSA) is 55.8 Å². The molecule has 0 bridgehead atoms. The number of hydrogen-bond acceptors (Lipinski definition) is 3. The third kappa shape index (κ3) is 2.93. The fraction of sp³-hybridized carbons (Fsp3) is 0.250. The molecule has 1 aromatic carbocycles. The Bertz CT molecular complexity index is 815. The number of esters is 1. The number of carbonyl (C=O) groups excluding carboxylic acids is 1. The molecule has 0 amide bonds. The van der Waals surface area contributed by atoms with Crippen molar-refractivity contribution in [3.05, 3.63) is 47.1 Å². The van der Waals surface area contributed by atoms with E-state index in [0.717, 1.165) is 7.05 Å². The number of benzene rings is 1. The lowest BCUT2D eigenvalue weighted by Crippen LogP contribution is -2.16. The molecular formula is C16H13F3N2O3. The largest absolute Gasteiger partial charge is 0.508 e. The zero-order valence-electron chi connectivity index (χ0n) is 12.8. The van der Waals surface area contributed by atoms with Crippen LogP contribution in [0.25, 0.3) is 16.0 Å². The first-order chi connectivity index (χ1) is 11.2. The molecule has 1 heterocycles. The Morgan fingerprint density at radius 2 is 1.92 bits per heavy atom. The molecule has 8 heteroatoms. The van der Waals surface area contributed by atoms with Gasteiger partial charge in [-0.2, -0.15) is 13.2 Å². The molecule has 0 aliphatic carbocycles. The van der Waals surface area contributed by atoms with Crippen LogP contribution in [0.3, 0.4) is 0 Å². The standard InChI is InChI=1S/C16H13F3N2O3/c1-4-24-15(23)13-11(9-5-7-10(22)8-6-9)12(20-2)14(21(13)3)16(17,18)19/h5-8,22H,4H2,1,3H3. The average molecular weight is 338 g/mol. The van der Waals surface area contributed by atoms with Crippen LogP contribution >= 0.6 is 0 Å². The van der Waals surface area contributed by atoms with E-state index in [1.807, 2.05) is 0 Å². The molecule has 24 heavy (non-hydrogen) atoms. The van der Waals surface area contributed by atoms with Crippen molar-refractivity contribution in [2.24, 2.45) is 7.05 Å². The number of nitrogens with zero attached hydrogens (tertiary/aromatic N) is 2. The summed E-state index contributed by atoms with van der Waals surface area (Å²) in [5.41, 5.74) is -2.23. The van der Waals surface area contributed by atoms with E-state index in [9.17, 15) is 23.1 Å². The SMILES string of the molecule is [C-]#[N+]c1c(-c2ccc(O)cc2)c(C(=O)OCC)n(C)c1C(F)(F)F. The summed E-state index contributed by atoms with van der Waals surface area (Å²) in [6.07, 6.45) is -4.81. The predicted molar refractivity (Wildman–Crippen MR) is 79.7 cm³/mol. The van der Waals surface area contributed by atoms with Gasteiger partial charge < -0.3 is 14.4 Å². The molecular weight excluding hydrogens is 325 g/mol. The summed E-state index contributed by atoms with van der Waals surface area (Å²) >= 11 is 0. The van der Waals surface area contributed by atoms with E-state index in [1.165, 1.54) is 31.2 Å². The normalized spacial score (nSPS) is 11.2. The van der Waals surface area contributed by atoms with Gasteiger partial charge in [0.25, 0.3) is 0 Å². The second-order valence-electron chi connectivity index (χ2n) is 4.86. The first kappa shape index (κ1) is 17.4. The number of hydrogen-bond donors (Lipinski definition) is 1. The molecule has 2 rings (SSSR count). The Labute approximate surface area is 135 Å². The Hall–Kier alpha value is -2.95. The Balaban J connectivity index is 2.87. The van der Waals surface area contributed by atoms with E-state index in [0.29, 0.717) is 4.57 Å². The van der Waals surface area contributed by atoms with Gasteiger partial charge in [0.15, 0.2) is 0 Å². The molecule has 126 valence electrons. The third-order valence-electron chi connectivity index (χ3n) is 3.37. The molecule has 0 saturated heterocycles. The monoisotopic (exact) mass is 338 g/mol. The van der Waals surface area contributed by atoms with Gasteiger partial charge in [-0.3, -0.25) is 0 Å². The third-order valence-corrected chi connectivity index (χ3v) is 3.37. The van der Waals surface area contributed by atoms with Crippen molar-refractivity contribution < 1.29 is 27.8 Å². The molecule has 0 spiro atoms. The number of carbonyl (C=O) groups is 1. The zero-order chi connectivity index (χ0) is 18.1. The van der Waals surface area contributed by atoms with Gasteiger partial charge in [-0.05, 0) is 24.6 Å². The van der Waals surface area contributed by atoms with Gasteiger partial charge in [-0.25, -0.2) is 9.64 Å². The highest BCUT2D eigenvalue weighted by atomic mass is 19.4. The molecule has 0 saturated carbocycles. The van der Waals surface area contributed by atoms with Gasteiger partial charge in [0.1, 0.15) is 17.1 Å².